The van der Waals surface area contributed by atoms with Crippen LogP contribution in [-0.2, 0) is 4.74 Å². The zero-order valence-electron chi connectivity index (χ0n) is 11.8. The first kappa shape index (κ1) is 16.2. The smallest absolute Gasteiger partial charge is 0.190 e. The van der Waals surface area contributed by atoms with E-state index in [1.165, 1.54) is 0 Å². The van der Waals surface area contributed by atoms with Crippen molar-refractivity contribution >= 4 is 5.96 Å². The number of rotatable bonds is 9. The quantitative estimate of drug-likeness (QED) is 0.353. The average Bonchev–Trinajstić information content (AvgIpc) is 2.31. The molecule has 0 aliphatic rings. The number of ether oxygens (including phenoxy) is 1. The van der Waals surface area contributed by atoms with Crippen LogP contribution in [0.1, 0.15) is 19.8 Å². The largest absolute Gasteiger partial charge is 0.382 e. The summed E-state index contributed by atoms with van der Waals surface area (Å²) in [5, 5.41) is 6.55. The fourth-order valence-corrected chi connectivity index (χ4v) is 1.35. The third kappa shape index (κ3) is 11.5. The standard InChI is InChI=1S/C12H28N4O/c1-5-17-11-7-9-15-12(13-2)14-8-6-10-16(3)4/h5-11H2,1-4H3,(H2,13,14,15). The second kappa shape index (κ2) is 11.7. The van der Waals surface area contributed by atoms with E-state index in [1.54, 1.807) is 7.05 Å². The highest BCUT2D eigenvalue weighted by molar-refractivity contribution is 5.79. The van der Waals surface area contributed by atoms with Crippen LogP contribution in [0.25, 0.3) is 0 Å². The molecule has 0 aliphatic carbocycles. The maximum atomic E-state index is 5.27. The van der Waals surface area contributed by atoms with Crippen LogP contribution in [0.5, 0.6) is 0 Å². The van der Waals surface area contributed by atoms with E-state index in [-0.39, 0.29) is 0 Å². The predicted octanol–water partition coefficient (Wildman–Crippen LogP) is 0.530. The van der Waals surface area contributed by atoms with Crippen molar-refractivity contribution < 1.29 is 4.74 Å². The number of aliphatic imine (C=N–C) groups is 1. The van der Waals surface area contributed by atoms with Crippen molar-refractivity contribution in [1.82, 2.24) is 15.5 Å². The zero-order chi connectivity index (χ0) is 12.9. The van der Waals surface area contributed by atoms with Crippen LogP contribution in [0.2, 0.25) is 0 Å². The fourth-order valence-electron chi connectivity index (χ4n) is 1.35. The van der Waals surface area contributed by atoms with Crippen molar-refractivity contribution in [2.75, 3.05) is 54.0 Å². The molecule has 5 heteroatoms. The van der Waals surface area contributed by atoms with E-state index in [9.17, 15) is 0 Å². The molecule has 0 aromatic carbocycles. The second-order valence-electron chi connectivity index (χ2n) is 4.13. The van der Waals surface area contributed by atoms with Gasteiger partial charge in [-0.05, 0) is 40.4 Å². The minimum Gasteiger partial charge on any atom is -0.382 e. The molecule has 0 aliphatic heterocycles. The highest BCUT2D eigenvalue weighted by Gasteiger charge is 1.96. The summed E-state index contributed by atoms with van der Waals surface area (Å²) >= 11 is 0. The van der Waals surface area contributed by atoms with Gasteiger partial charge in [0.05, 0.1) is 0 Å². The van der Waals surface area contributed by atoms with E-state index in [0.717, 1.165) is 51.6 Å². The summed E-state index contributed by atoms with van der Waals surface area (Å²) < 4.78 is 5.27. The molecule has 0 fully saturated rings. The van der Waals surface area contributed by atoms with Gasteiger partial charge in [-0.2, -0.15) is 0 Å². The molecule has 0 heterocycles. The summed E-state index contributed by atoms with van der Waals surface area (Å²) in [6.07, 6.45) is 2.12. The summed E-state index contributed by atoms with van der Waals surface area (Å²) in [7, 11) is 5.96. The molecule has 102 valence electrons. The van der Waals surface area contributed by atoms with Gasteiger partial charge in [-0.25, -0.2) is 0 Å². The van der Waals surface area contributed by atoms with Gasteiger partial charge in [0.25, 0.3) is 0 Å². The first-order chi connectivity index (χ1) is 8.20. The van der Waals surface area contributed by atoms with Gasteiger partial charge in [0.1, 0.15) is 0 Å². The molecule has 0 unspecified atom stereocenters. The Morgan fingerprint density at radius 1 is 1.18 bits per heavy atom. The Labute approximate surface area is 106 Å². The highest BCUT2D eigenvalue weighted by atomic mass is 16.5. The van der Waals surface area contributed by atoms with E-state index in [1.807, 2.05) is 6.92 Å². The van der Waals surface area contributed by atoms with Crippen LogP contribution in [0.3, 0.4) is 0 Å². The molecule has 0 radical (unpaired) electrons. The van der Waals surface area contributed by atoms with Gasteiger partial charge in [-0.1, -0.05) is 0 Å². The van der Waals surface area contributed by atoms with Gasteiger partial charge in [-0.15, -0.1) is 0 Å². The molecule has 0 rings (SSSR count). The number of nitrogens with zero attached hydrogens (tertiary/aromatic N) is 2. The number of guanidine groups is 1. The first-order valence-electron chi connectivity index (χ1n) is 6.37. The van der Waals surface area contributed by atoms with Crippen LogP contribution in [0.15, 0.2) is 4.99 Å². The van der Waals surface area contributed by atoms with Crippen molar-refractivity contribution in [2.24, 2.45) is 4.99 Å². The van der Waals surface area contributed by atoms with E-state index >= 15 is 0 Å². The van der Waals surface area contributed by atoms with Crippen LogP contribution in [-0.4, -0.2) is 64.9 Å². The zero-order valence-corrected chi connectivity index (χ0v) is 11.8. The van der Waals surface area contributed by atoms with Crippen LogP contribution >= 0.6 is 0 Å². The topological polar surface area (TPSA) is 48.9 Å². The molecule has 0 aromatic rings. The lowest BCUT2D eigenvalue weighted by molar-refractivity contribution is 0.145. The summed E-state index contributed by atoms with van der Waals surface area (Å²) in [6.45, 7) is 6.54. The lowest BCUT2D eigenvalue weighted by Crippen LogP contribution is -2.39. The van der Waals surface area contributed by atoms with E-state index in [4.69, 9.17) is 4.74 Å². The lowest BCUT2D eigenvalue weighted by Gasteiger charge is -2.13. The normalized spacial score (nSPS) is 11.9. The molecule has 0 atom stereocenters. The summed E-state index contributed by atoms with van der Waals surface area (Å²) in [5.74, 6) is 0.875. The molecule has 0 bridgehead atoms. The van der Waals surface area contributed by atoms with Crippen molar-refractivity contribution in [3.8, 4) is 0 Å². The van der Waals surface area contributed by atoms with Gasteiger partial charge < -0.3 is 20.3 Å². The summed E-state index contributed by atoms with van der Waals surface area (Å²) in [4.78, 5) is 6.34. The average molecular weight is 244 g/mol. The van der Waals surface area contributed by atoms with Crippen molar-refractivity contribution in [1.29, 1.82) is 0 Å². The molecule has 0 saturated heterocycles. The van der Waals surface area contributed by atoms with Gasteiger partial charge in [0, 0.05) is 33.4 Å². The molecule has 5 nitrogen and oxygen atoms in total. The number of hydrogen-bond donors (Lipinski definition) is 2. The fraction of sp³-hybridized carbons (Fsp3) is 0.917. The Bertz CT molecular complexity index is 195. The van der Waals surface area contributed by atoms with E-state index in [0.29, 0.717) is 0 Å². The molecule has 2 N–H and O–H groups in total. The molecule has 0 aromatic heterocycles. The Kier molecular flexibility index (Phi) is 11.1. The maximum Gasteiger partial charge on any atom is 0.190 e. The van der Waals surface area contributed by atoms with Gasteiger partial charge in [-0.3, -0.25) is 4.99 Å². The molecular formula is C12H28N4O. The summed E-state index contributed by atoms with van der Waals surface area (Å²) in [5.41, 5.74) is 0. The molecule has 17 heavy (non-hydrogen) atoms. The molecular weight excluding hydrogens is 216 g/mol. The maximum absolute atomic E-state index is 5.27. The van der Waals surface area contributed by atoms with Crippen molar-refractivity contribution in [2.45, 2.75) is 19.8 Å². The Balaban J connectivity index is 3.44. The van der Waals surface area contributed by atoms with Crippen molar-refractivity contribution in [3.63, 3.8) is 0 Å². The SMILES string of the molecule is CCOCCCNC(=NC)NCCCN(C)C. The molecule has 0 spiro atoms. The van der Waals surface area contributed by atoms with Crippen molar-refractivity contribution in [3.05, 3.63) is 0 Å². The first-order valence-corrected chi connectivity index (χ1v) is 6.37. The molecule has 0 saturated carbocycles. The Morgan fingerprint density at radius 3 is 2.35 bits per heavy atom. The van der Waals surface area contributed by atoms with Crippen LogP contribution in [0, 0.1) is 0 Å². The van der Waals surface area contributed by atoms with Gasteiger partial charge in [0.15, 0.2) is 5.96 Å². The monoisotopic (exact) mass is 244 g/mol. The molecule has 0 amide bonds. The second-order valence-corrected chi connectivity index (χ2v) is 4.13. The third-order valence-corrected chi connectivity index (χ3v) is 2.26. The number of hydrogen-bond acceptors (Lipinski definition) is 3. The minimum absolute atomic E-state index is 0.789. The van der Waals surface area contributed by atoms with Gasteiger partial charge in [0.2, 0.25) is 0 Å². The van der Waals surface area contributed by atoms with Gasteiger partial charge >= 0.3 is 0 Å². The Morgan fingerprint density at radius 2 is 1.82 bits per heavy atom. The number of nitrogens with one attached hydrogen (secondary N) is 2. The van der Waals surface area contributed by atoms with Crippen LogP contribution < -0.4 is 10.6 Å². The Hall–Kier alpha value is -0.810. The predicted molar refractivity (Wildman–Crippen MR) is 73.6 cm³/mol. The van der Waals surface area contributed by atoms with Crippen LogP contribution in [0.4, 0.5) is 0 Å². The third-order valence-electron chi connectivity index (χ3n) is 2.26. The minimum atomic E-state index is 0.789. The van der Waals surface area contributed by atoms with E-state index in [2.05, 4.69) is 34.6 Å². The summed E-state index contributed by atoms with van der Waals surface area (Å²) in [6, 6.07) is 0. The highest BCUT2D eigenvalue weighted by Crippen LogP contribution is 1.82. The lowest BCUT2D eigenvalue weighted by atomic mass is 10.4. The van der Waals surface area contributed by atoms with E-state index < -0.39 is 0 Å².